The molecule has 20 heavy (non-hydrogen) atoms. The lowest BCUT2D eigenvalue weighted by molar-refractivity contribution is 0.0184. The summed E-state index contributed by atoms with van der Waals surface area (Å²) in [5.41, 5.74) is 3.51. The highest BCUT2D eigenvalue weighted by Crippen LogP contribution is 2.55. The average Bonchev–Trinajstić information content (AvgIpc) is 2.44. The molecule has 1 saturated heterocycles. The van der Waals surface area contributed by atoms with Gasteiger partial charge in [-0.2, -0.15) is 0 Å². The molecular formula is C19H29N. The van der Waals surface area contributed by atoms with E-state index >= 15 is 0 Å². The second-order valence-electron chi connectivity index (χ2n) is 7.44. The Morgan fingerprint density at radius 2 is 2.05 bits per heavy atom. The fourth-order valence-electron chi connectivity index (χ4n) is 4.89. The van der Waals surface area contributed by atoms with Crippen LogP contribution >= 0.6 is 0 Å². The minimum Gasteiger partial charge on any atom is -0.316 e. The van der Waals surface area contributed by atoms with Crippen LogP contribution in [0.25, 0.3) is 0 Å². The van der Waals surface area contributed by atoms with Crippen molar-refractivity contribution < 1.29 is 0 Å². The molecule has 1 saturated carbocycles. The Labute approximate surface area is 124 Å². The minimum atomic E-state index is 0.538. The first kappa shape index (κ1) is 14.1. The van der Waals surface area contributed by atoms with E-state index in [2.05, 4.69) is 50.4 Å². The second-order valence-corrected chi connectivity index (χ2v) is 7.44. The Bertz CT molecular complexity index is 467. The molecule has 4 atom stereocenters. The maximum atomic E-state index is 3.66. The molecule has 1 aromatic carbocycles. The predicted molar refractivity (Wildman–Crippen MR) is 86.0 cm³/mol. The Kier molecular flexibility index (Phi) is 3.90. The molecule has 1 heteroatoms. The third kappa shape index (κ3) is 2.41. The summed E-state index contributed by atoms with van der Waals surface area (Å²) in [5.74, 6) is 2.47. The van der Waals surface area contributed by atoms with E-state index in [1.54, 1.807) is 5.56 Å². The van der Waals surface area contributed by atoms with Gasteiger partial charge in [-0.15, -0.1) is 0 Å². The second kappa shape index (κ2) is 5.52. The number of benzene rings is 1. The van der Waals surface area contributed by atoms with Gasteiger partial charge in [-0.3, -0.25) is 0 Å². The first-order chi connectivity index (χ1) is 9.62. The maximum Gasteiger partial charge on any atom is 0.00256 e. The largest absolute Gasteiger partial charge is 0.316 e. The van der Waals surface area contributed by atoms with Crippen molar-refractivity contribution in [1.82, 2.24) is 5.32 Å². The van der Waals surface area contributed by atoms with E-state index in [0.29, 0.717) is 11.3 Å². The van der Waals surface area contributed by atoms with Gasteiger partial charge in [0.25, 0.3) is 0 Å². The van der Waals surface area contributed by atoms with E-state index in [9.17, 15) is 0 Å². The molecule has 4 unspecified atom stereocenters. The number of aryl methyl sites for hydroxylation is 1. The van der Waals surface area contributed by atoms with Gasteiger partial charge in [0.2, 0.25) is 0 Å². The Morgan fingerprint density at radius 1 is 1.20 bits per heavy atom. The highest BCUT2D eigenvalue weighted by Gasteiger charge is 2.47. The van der Waals surface area contributed by atoms with E-state index in [0.717, 1.165) is 11.8 Å². The van der Waals surface area contributed by atoms with Crippen molar-refractivity contribution >= 4 is 0 Å². The summed E-state index contributed by atoms with van der Waals surface area (Å²) >= 11 is 0. The molecule has 1 nitrogen and oxygen atoms in total. The molecule has 1 heterocycles. The van der Waals surface area contributed by atoms with E-state index in [1.165, 1.54) is 44.3 Å². The lowest BCUT2D eigenvalue weighted by Gasteiger charge is -2.53. The zero-order chi connectivity index (χ0) is 14.2. The van der Waals surface area contributed by atoms with Crippen LogP contribution in [0.5, 0.6) is 0 Å². The highest BCUT2D eigenvalue weighted by molar-refractivity contribution is 5.29. The summed E-state index contributed by atoms with van der Waals surface area (Å²) < 4.78 is 0. The summed E-state index contributed by atoms with van der Waals surface area (Å²) in [7, 11) is 0. The van der Waals surface area contributed by atoms with Crippen LogP contribution in [0.3, 0.4) is 0 Å². The van der Waals surface area contributed by atoms with Crippen molar-refractivity contribution in [3.63, 3.8) is 0 Å². The molecule has 1 N–H and O–H groups in total. The van der Waals surface area contributed by atoms with Crippen LogP contribution in [0.15, 0.2) is 24.3 Å². The molecule has 0 aromatic heterocycles. The Balaban J connectivity index is 1.98. The third-order valence-electron chi connectivity index (χ3n) is 6.06. The molecule has 110 valence electrons. The average molecular weight is 271 g/mol. The zero-order valence-corrected chi connectivity index (χ0v) is 13.3. The number of piperidine rings is 1. The Morgan fingerprint density at radius 3 is 2.85 bits per heavy atom. The van der Waals surface area contributed by atoms with Crippen molar-refractivity contribution in [1.29, 1.82) is 0 Å². The molecule has 1 aliphatic carbocycles. The van der Waals surface area contributed by atoms with Gasteiger partial charge >= 0.3 is 0 Å². The SMILES string of the molecule is Cc1cccc(C2CNCCC23CC(C)CCC3C)c1. The van der Waals surface area contributed by atoms with Crippen LogP contribution in [-0.4, -0.2) is 13.1 Å². The van der Waals surface area contributed by atoms with Crippen LogP contribution < -0.4 is 5.32 Å². The minimum absolute atomic E-state index is 0.538. The molecule has 3 rings (SSSR count). The van der Waals surface area contributed by atoms with Gasteiger partial charge in [0, 0.05) is 12.5 Å². The molecule has 0 bridgehead atoms. The molecule has 1 aromatic rings. The van der Waals surface area contributed by atoms with Crippen molar-refractivity contribution in [2.75, 3.05) is 13.1 Å². The fraction of sp³-hybridized carbons (Fsp3) is 0.684. The van der Waals surface area contributed by atoms with Crippen molar-refractivity contribution in [2.45, 2.75) is 52.4 Å². The van der Waals surface area contributed by atoms with Gasteiger partial charge in [0.05, 0.1) is 0 Å². The number of rotatable bonds is 1. The van der Waals surface area contributed by atoms with E-state index in [-0.39, 0.29) is 0 Å². The summed E-state index contributed by atoms with van der Waals surface area (Å²) in [6, 6.07) is 9.24. The third-order valence-corrected chi connectivity index (χ3v) is 6.06. The van der Waals surface area contributed by atoms with Gasteiger partial charge in [-0.1, -0.05) is 50.1 Å². The first-order valence-corrected chi connectivity index (χ1v) is 8.39. The van der Waals surface area contributed by atoms with Gasteiger partial charge in [0.1, 0.15) is 0 Å². The van der Waals surface area contributed by atoms with Gasteiger partial charge in [0.15, 0.2) is 0 Å². The molecule has 2 fully saturated rings. The van der Waals surface area contributed by atoms with Crippen molar-refractivity contribution in [3.8, 4) is 0 Å². The summed E-state index contributed by atoms with van der Waals surface area (Å²) in [6.07, 6.45) is 5.63. The Hall–Kier alpha value is -0.820. The lowest BCUT2D eigenvalue weighted by atomic mass is 9.54. The molecule has 2 aliphatic rings. The smallest absolute Gasteiger partial charge is 0.00256 e. The molecule has 0 radical (unpaired) electrons. The summed E-state index contributed by atoms with van der Waals surface area (Å²) in [6.45, 7) is 9.57. The molecule has 1 spiro atoms. The fourth-order valence-corrected chi connectivity index (χ4v) is 4.89. The van der Waals surface area contributed by atoms with Crippen LogP contribution in [-0.2, 0) is 0 Å². The topological polar surface area (TPSA) is 12.0 Å². The summed E-state index contributed by atoms with van der Waals surface area (Å²) in [5, 5.41) is 3.66. The van der Waals surface area contributed by atoms with Crippen LogP contribution in [0.1, 0.15) is 56.6 Å². The van der Waals surface area contributed by atoms with Crippen LogP contribution in [0.2, 0.25) is 0 Å². The normalized spacial score (nSPS) is 38.0. The van der Waals surface area contributed by atoms with E-state index < -0.39 is 0 Å². The number of hydrogen-bond donors (Lipinski definition) is 1. The van der Waals surface area contributed by atoms with Crippen molar-refractivity contribution in [2.24, 2.45) is 17.3 Å². The number of nitrogens with one attached hydrogen (secondary N) is 1. The predicted octanol–water partition coefficient (Wildman–Crippen LogP) is 4.51. The first-order valence-electron chi connectivity index (χ1n) is 8.39. The van der Waals surface area contributed by atoms with E-state index in [1.807, 2.05) is 0 Å². The molecule has 0 amide bonds. The molecule has 1 aliphatic heterocycles. The van der Waals surface area contributed by atoms with Crippen molar-refractivity contribution in [3.05, 3.63) is 35.4 Å². The zero-order valence-electron chi connectivity index (χ0n) is 13.3. The van der Waals surface area contributed by atoms with Gasteiger partial charge in [-0.05, 0) is 55.5 Å². The van der Waals surface area contributed by atoms with Crippen LogP contribution in [0.4, 0.5) is 0 Å². The molecular weight excluding hydrogens is 242 g/mol. The maximum absolute atomic E-state index is 3.66. The van der Waals surface area contributed by atoms with Gasteiger partial charge < -0.3 is 5.32 Å². The summed E-state index contributed by atoms with van der Waals surface area (Å²) in [4.78, 5) is 0. The standard InChI is InChI=1S/C19H29N/c1-14-5-4-6-17(11-14)18-13-20-10-9-19(18)12-15(2)7-8-16(19)3/h4-6,11,15-16,18,20H,7-10,12-13H2,1-3H3. The monoisotopic (exact) mass is 271 g/mol. The van der Waals surface area contributed by atoms with E-state index in [4.69, 9.17) is 0 Å². The van der Waals surface area contributed by atoms with Crippen LogP contribution in [0, 0.1) is 24.2 Å². The number of hydrogen-bond acceptors (Lipinski definition) is 1. The highest BCUT2D eigenvalue weighted by atomic mass is 14.9. The quantitative estimate of drug-likeness (QED) is 0.792. The van der Waals surface area contributed by atoms with Gasteiger partial charge in [-0.25, -0.2) is 0 Å². The lowest BCUT2D eigenvalue weighted by Crippen LogP contribution is -2.49.